The van der Waals surface area contributed by atoms with E-state index in [1.807, 2.05) is 6.92 Å². The average molecular weight is 621 g/mol. The number of rotatable bonds is 9. The summed E-state index contributed by atoms with van der Waals surface area (Å²) in [5, 5.41) is 0.422. The first kappa shape index (κ1) is 30.1. The Balaban J connectivity index is 1.70. The number of ether oxygens (including phenoxy) is 3. The standard InChI is InChI=1S/C32H29ClN2O7S/c1-5-9-23-27(31(38)41-6-2)28(22-16-18(33)12-14-24(22)39-3)35-29(36)26(43-32(35)34-23)17-19-13-15-25(42-19)20-10-7-8-11-21(20)30(37)40-4/h7-8,10-17,28H,5-6,9H2,1-4H3/b26-17-/t28-/m0/s1. The molecule has 0 saturated heterocycles. The van der Waals surface area contributed by atoms with E-state index in [4.69, 9.17) is 35.2 Å². The van der Waals surface area contributed by atoms with Crippen LogP contribution in [0.5, 0.6) is 5.75 Å². The Morgan fingerprint density at radius 3 is 2.60 bits per heavy atom. The number of carbonyl (C=O) groups is 2. The van der Waals surface area contributed by atoms with Crippen LogP contribution in [0.2, 0.25) is 5.02 Å². The van der Waals surface area contributed by atoms with Gasteiger partial charge in [0.2, 0.25) is 0 Å². The van der Waals surface area contributed by atoms with Crippen LogP contribution in [0.25, 0.3) is 17.4 Å². The Kier molecular flexibility index (Phi) is 8.98. The molecule has 1 atom stereocenters. The molecule has 0 radical (unpaired) electrons. The van der Waals surface area contributed by atoms with Gasteiger partial charge in [-0.3, -0.25) is 9.36 Å². The number of hydrogen-bond donors (Lipinski definition) is 0. The molecule has 0 bridgehead atoms. The Morgan fingerprint density at radius 1 is 1.09 bits per heavy atom. The SMILES string of the molecule is CCCC1=C(C(=O)OCC)[C@H](c2cc(Cl)ccc2OC)n2c(s/c(=C\c3ccc(-c4ccccc4C(=O)OC)o3)c2=O)=N1. The topological polar surface area (TPSA) is 109 Å². The first-order valence-electron chi connectivity index (χ1n) is 13.6. The second kappa shape index (κ2) is 12.8. The molecule has 0 aliphatic carbocycles. The van der Waals surface area contributed by atoms with Crippen LogP contribution >= 0.6 is 22.9 Å². The number of hydrogen-bond acceptors (Lipinski definition) is 9. The van der Waals surface area contributed by atoms with Gasteiger partial charge in [-0.05, 0) is 49.7 Å². The molecule has 0 N–H and O–H groups in total. The summed E-state index contributed by atoms with van der Waals surface area (Å²) >= 11 is 7.59. The second-order valence-corrected chi connectivity index (χ2v) is 11.0. The van der Waals surface area contributed by atoms with Gasteiger partial charge in [-0.2, -0.15) is 0 Å². The second-order valence-electron chi connectivity index (χ2n) is 9.54. The summed E-state index contributed by atoms with van der Waals surface area (Å²) in [5.41, 5.74) is 1.89. The number of thiazole rings is 1. The third-order valence-electron chi connectivity index (χ3n) is 6.88. The number of carbonyl (C=O) groups excluding carboxylic acids is 2. The molecule has 2 aromatic carbocycles. The minimum Gasteiger partial charge on any atom is -0.496 e. The minimum absolute atomic E-state index is 0.158. The Morgan fingerprint density at radius 2 is 1.88 bits per heavy atom. The smallest absolute Gasteiger partial charge is 0.338 e. The van der Waals surface area contributed by atoms with E-state index in [0.717, 1.165) is 6.42 Å². The van der Waals surface area contributed by atoms with E-state index >= 15 is 0 Å². The number of benzene rings is 2. The molecule has 0 fully saturated rings. The van der Waals surface area contributed by atoms with Gasteiger partial charge in [-0.15, -0.1) is 0 Å². The Hall–Kier alpha value is -4.41. The molecule has 4 aromatic rings. The lowest BCUT2D eigenvalue weighted by Crippen LogP contribution is -2.40. The molecule has 2 aromatic heterocycles. The van der Waals surface area contributed by atoms with Gasteiger partial charge in [0.15, 0.2) is 4.80 Å². The van der Waals surface area contributed by atoms with Gasteiger partial charge in [-0.25, -0.2) is 14.6 Å². The van der Waals surface area contributed by atoms with Gasteiger partial charge in [0, 0.05) is 22.2 Å². The lowest BCUT2D eigenvalue weighted by molar-refractivity contribution is -0.139. The number of aromatic nitrogens is 1. The summed E-state index contributed by atoms with van der Waals surface area (Å²) in [6.45, 7) is 3.87. The zero-order valence-corrected chi connectivity index (χ0v) is 25.6. The van der Waals surface area contributed by atoms with E-state index in [1.54, 1.807) is 67.6 Å². The first-order valence-corrected chi connectivity index (χ1v) is 14.8. The van der Waals surface area contributed by atoms with E-state index < -0.39 is 18.0 Å². The fraction of sp³-hybridized carbons (Fsp3) is 0.250. The molecule has 0 saturated carbocycles. The number of halogens is 1. The van der Waals surface area contributed by atoms with E-state index in [1.165, 1.54) is 30.1 Å². The highest BCUT2D eigenvalue weighted by molar-refractivity contribution is 7.07. The lowest BCUT2D eigenvalue weighted by Gasteiger charge is -2.27. The van der Waals surface area contributed by atoms with Crippen molar-refractivity contribution in [3.8, 4) is 17.1 Å². The molecule has 0 amide bonds. The number of fused-ring (bicyclic) bond motifs is 1. The third-order valence-corrected chi connectivity index (χ3v) is 8.09. The van der Waals surface area contributed by atoms with E-state index in [2.05, 4.69) is 0 Å². The van der Waals surface area contributed by atoms with E-state index in [0.29, 0.717) is 60.4 Å². The van der Waals surface area contributed by atoms with Gasteiger partial charge in [-0.1, -0.05) is 54.5 Å². The highest BCUT2D eigenvalue weighted by Crippen LogP contribution is 2.38. The summed E-state index contributed by atoms with van der Waals surface area (Å²) in [6, 6.07) is 14.6. The summed E-state index contributed by atoms with van der Waals surface area (Å²) in [6.07, 6.45) is 2.84. The summed E-state index contributed by atoms with van der Waals surface area (Å²) in [4.78, 5) is 45.0. The monoisotopic (exact) mass is 620 g/mol. The molecule has 0 spiro atoms. The zero-order chi connectivity index (χ0) is 30.7. The van der Waals surface area contributed by atoms with Gasteiger partial charge < -0.3 is 18.6 Å². The maximum atomic E-state index is 14.1. The van der Waals surface area contributed by atoms with Crippen molar-refractivity contribution in [1.82, 2.24) is 4.57 Å². The molecule has 1 aliphatic heterocycles. The minimum atomic E-state index is -0.883. The van der Waals surface area contributed by atoms with Crippen LogP contribution in [0, 0.1) is 0 Å². The van der Waals surface area contributed by atoms with Crippen LogP contribution in [0.15, 0.2) is 80.1 Å². The fourth-order valence-corrected chi connectivity index (χ4v) is 6.20. The number of nitrogens with zero attached hydrogens (tertiary/aromatic N) is 2. The summed E-state index contributed by atoms with van der Waals surface area (Å²) in [5.74, 6) is 0.254. The van der Waals surface area contributed by atoms with Crippen LogP contribution in [0.4, 0.5) is 0 Å². The normalized spacial score (nSPS) is 14.7. The van der Waals surface area contributed by atoms with E-state index in [9.17, 15) is 14.4 Å². The van der Waals surface area contributed by atoms with Crippen molar-refractivity contribution in [2.24, 2.45) is 4.99 Å². The predicted molar refractivity (Wildman–Crippen MR) is 163 cm³/mol. The number of methoxy groups -OCH3 is 2. The fourth-order valence-electron chi connectivity index (χ4n) is 5.02. The highest BCUT2D eigenvalue weighted by atomic mass is 35.5. The molecular weight excluding hydrogens is 592 g/mol. The quantitative estimate of drug-likeness (QED) is 0.234. The summed E-state index contributed by atoms with van der Waals surface area (Å²) in [7, 11) is 2.84. The predicted octanol–water partition coefficient (Wildman–Crippen LogP) is 5.29. The van der Waals surface area contributed by atoms with E-state index in [-0.39, 0.29) is 17.7 Å². The van der Waals surface area contributed by atoms with Crippen LogP contribution < -0.4 is 19.6 Å². The average Bonchev–Trinajstić information content (AvgIpc) is 3.60. The van der Waals surface area contributed by atoms with Crippen LogP contribution in [-0.4, -0.2) is 37.3 Å². The van der Waals surface area contributed by atoms with Crippen molar-refractivity contribution in [2.45, 2.75) is 32.7 Å². The number of allylic oxidation sites excluding steroid dienone is 1. The van der Waals surface area contributed by atoms with Crippen LogP contribution in [-0.2, 0) is 14.3 Å². The maximum Gasteiger partial charge on any atom is 0.338 e. The van der Waals surface area contributed by atoms with Crippen LogP contribution in [0.3, 0.4) is 0 Å². The molecule has 11 heteroatoms. The highest BCUT2D eigenvalue weighted by Gasteiger charge is 2.36. The molecule has 9 nitrogen and oxygen atoms in total. The lowest BCUT2D eigenvalue weighted by atomic mass is 9.93. The Bertz CT molecular complexity index is 1920. The maximum absolute atomic E-state index is 14.1. The molecule has 43 heavy (non-hydrogen) atoms. The largest absolute Gasteiger partial charge is 0.496 e. The molecule has 222 valence electrons. The van der Waals surface area contributed by atoms with Gasteiger partial charge >= 0.3 is 11.9 Å². The molecular formula is C32H29ClN2O7S. The molecule has 0 unspecified atom stereocenters. The van der Waals surface area contributed by atoms with Gasteiger partial charge in [0.1, 0.15) is 23.3 Å². The van der Waals surface area contributed by atoms with Crippen LogP contribution in [0.1, 0.15) is 54.4 Å². The van der Waals surface area contributed by atoms with Gasteiger partial charge in [0.05, 0.1) is 42.2 Å². The van der Waals surface area contributed by atoms with Crippen molar-refractivity contribution in [2.75, 3.05) is 20.8 Å². The van der Waals surface area contributed by atoms with Crippen molar-refractivity contribution in [3.63, 3.8) is 0 Å². The van der Waals surface area contributed by atoms with Crippen molar-refractivity contribution < 1.29 is 28.2 Å². The molecule has 1 aliphatic rings. The zero-order valence-electron chi connectivity index (χ0n) is 24.0. The van der Waals surface area contributed by atoms with Crippen molar-refractivity contribution >= 4 is 41.0 Å². The summed E-state index contributed by atoms with van der Waals surface area (Å²) < 4.78 is 23.9. The Labute approximate surface area is 256 Å². The third kappa shape index (κ3) is 5.80. The molecule has 3 heterocycles. The van der Waals surface area contributed by atoms with Crippen molar-refractivity contribution in [3.05, 3.63) is 107 Å². The van der Waals surface area contributed by atoms with Gasteiger partial charge in [0.25, 0.3) is 5.56 Å². The number of furan rings is 1. The van der Waals surface area contributed by atoms with Crippen molar-refractivity contribution in [1.29, 1.82) is 0 Å². The first-order chi connectivity index (χ1) is 20.8. The number of esters is 2. The molecule has 5 rings (SSSR count).